The summed E-state index contributed by atoms with van der Waals surface area (Å²) in [5, 5.41) is 12.6. The number of piperidine rings is 1. The van der Waals surface area contributed by atoms with Crippen LogP contribution in [-0.2, 0) is 22.5 Å². The van der Waals surface area contributed by atoms with E-state index < -0.39 is 0 Å². The molecule has 1 spiro atoms. The van der Waals surface area contributed by atoms with E-state index in [2.05, 4.69) is 21.0 Å². The molecule has 3 fully saturated rings. The number of aliphatic hydroxyl groups excluding tert-OH is 1. The molecule has 6 nitrogen and oxygen atoms in total. The molecule has 4 heterocycles. The highest BCUT2D eigenvalue weighted by Crippen LogP contribution is 2.39. The monoisotopic (exact) mass is 421 g/mol. The zero-order valence-electron chi connectivity index (χ0n) is 18.1. The number of amides is 1. The van der Waals surface area contributed by atoms with Gasteiger partial charge in [-0.25, -0.2) is 4.99 Å². The molecule has 1 aliphatic carbocycles. The predicted octanol–water partition coefficient (Wildman–Crippen LogP) is 1.34. The van der Waals surface area contributed by atoms with Crippen molar-refractivity contribution in [3.63, 3.8) is 0 Å². The van der Waals surface area contributed by atoms with Crippen molar-refractivity contribution in [1.29, 1.82) is 0 Å². The molecular weight excluding hydrogens is 390 g/mol. The highest BCUT2D eigenvalue weighted by Gasteiger charge is 2.41. The summed E-state index contributed by atoms with van der Waals surface area (Å²) in [7, 11) is 0. The van der Waals surface area contributed by atoms with Gasteiger partial charge in [0.05, 0.1) is 24.7 Å². The summed E-state index contributed by atoms with van der Waals surface area (Å²) < 4.78 is 5.47. The van der Waals surface area contributed by atoms with Gasteiger partial charge in [0.1, 0.15) is 0 Å². The minimum atomic E-state index is -0.382. The van der Waals surface area contributed by atoms with Crippen molar-refractivity contribution in [3.05, 3.63) is 33.3 Å². The third-order valence-corrected chi connectivity index (χ3v) is 8.36. The number of hydrogen-bond acceptors (Lipinski definition) is 5. The van der Waals surface area contributed by atoms with Crippen LogP contribution in [0.1, 0.15) is 55.2 Å². The molecule has 0 bridgehead atoms. The van der Waals surface area contributed by atoms with Gasteiger partial charge in [-0.1, -0.05) is 12.8 Å². The van der Waals surface area contributed by atoms with Crippen LogP contribution in [0.25, 0.3) is 6.20 Å². The number of benzene rings is 1. The van der Waals surface area contributed by atoms with Gasteiger partial charge in [-0.3, -0.25) is 14.7 Å². The molecule has 1 aromatic rings. The number of rotatable bonds is 3. The van der Waals surface area contributed by atoms with Gasteiger partial charge in [0.15, 0.2) is 0 Å². The Morgan fingerprint density at radius 2 is 2.00 bits per heavy atom. The van der Waals surface area contributed by atoms with Crippen molar-refractivity contribution < 1.29 is 14.6 Å². The van der Waals surface area contributed by atoms with E-state index in [1.165, 1.54) is 12.8 Å². The Labute approximate surface area is 182 Å². The molecule has 1 aromatic carbocycles. The molecule has 1 N–H and O–H groups in total. The molecule has 31 heavy (non-hydrogen) atoms. The molecule has 164 valence electrons. The van der Waals surface area contributed by atoms with Crippen molar-refractivity contribution in [2.75, 3.05) is 26.3 Å². The van der Waals surface area contributed by atoms with Crippen molar-refractivity contribution in [2.24, 2.45) is 27.2 Å². The summed E-state index contributed by atoms with van der Waals surface area (Å²) in [6.07, 6.45) is 10.4. The molecule has 3 atom stereocenters. The first-order chi connectivity index (χ1) is 15.1. The Morgan fingerprint density at radius 3 is 2.74 bits per heavy atom. The second-order valence-corrected chi connectivity index (χ2v) is 10.3. The molecule has 0 radical (unpaired) electrons. The lowest BCUT2D eigenvalue weighted by molar-refractivity contribution is -0.140. The van der Waals surface area contributed by atoms with Crippen LogP contribution in [0.3, 0.4) is 0 Å². The van der Waals surface area contributed by atoms with Crippen molar-refractivity contribution in [1.82, 2.24) is 4.90 Å². The summed E-state index contributed by atoms with van der Waals surface area (Å²) >= 11 is 0. The average molecular weight is 422 g/mol. The zero-order valence-corrected chi connectivity index (χ0v) is 18.1. The molecule has 5 aliphatic rings. The van der Waals surface area contributed by atoms with Gasteiger partial charge in [-0.2, -0.15) is 0 Å². The molecule has 6 rings (SSSR count). The van der Waals surface area contributed by atoms with E-state index in [0.717, 1.165) is 85.8 Å². The molecule has 3 unspecified atom stereocenters. The van der Waals surface area contributed by atoms with Crippen LogP contribution in [0.4, 0.5) is 0 Å². The Balaban J connectivity index is 1.31. The number of fused-ring (bicyclic) bond motifs is 3. The molecule has 1 amide bonds. The molecule has 0 aromatic heterocycles. The quantitative estimate of drug-likeness (QED) is 0.799. The first-order valence-corrected chi connectivity index (χ1v) is 11.9. The Bertz CT molecular complexity index is 1050. The lowest BCUT2D eigenvalue weighted by atomic mass is 9.73. The fourth-order valence-corrected chi connectivity index (χ4v) is 6.30. The third kappa shape index (κ3) is 3.40. The highest BCUT2D eigenvalue weighted by atomic mass is 16.5. The van der Waals surface area contributed by atoms with Crippen LogP contribution < -0.4 is 10.6 Å². The van der Waals surface area contributed by atoms with Gasteiger partial charge in [0.2, 0.25) is 5.91 Å². The number of hydrogen-bond donors (Lipinski definition) is 1. The summed E-state index contributed by atoms with van der Waals surface area (Å²) in [6.45, 7) is 4.80. The summed E-state index contributed by atoms with van der Waals surface area (Å²) in [4.78, 5) is 24.7. The normalized spacial score (nSPS) is 31.5. The predicted molar refractivity (Wildman–Crippen MR) is 117 cm³/mol. The van der Waals surface area contributed by atoms with Gasteiger partial charge in [0, 0.05) is 41.1 Å². The van der Waals surface area contributed by atoms with Crippen LogP contribution in [0.15, 0.2) is 16.1 Å². The summed E-state index contributed by atoms with van der Waals surface area (Å²) in [6, 6.07) is 2.19. The minimum absolute atomic E-state index is 0.0303. The van der Waals surface area contributed by atoms with E-state index in [0.29, 0.717) is 11.8 Å². The third-order valence-electron chi connectivity index (χ3n) is 8.36. The maximum atomic E-state index is 13.1. The molecular formula is C25H31N3O3. The number of aliphatic imine (C=N–C) groups is 1. The maximum absolute atomic E-state index is 13.1. The largest absolute Gasteiger partial charge is 0.393 e. The van der Waals surface area contributed by atoms with E-state index in [4.69, 9.17) is 4.74 Å². The topological polar surface area (TPSA) is 74.5 Å². The van der Waals surface area contributed by atoms with E-state index in [9.17, 15) is 9.90 Å². The molecule has 1 saturated carbocycles. The molecule has 2 saturated heterocycles. The summed E-state index contributed by atoms with van der Waals surface area (Å²) in [5.74, 6) is -0.213. The van der Waals surface area contributed by atoms with E-state index in [1.807, 2.05) is 12.4 Å². The highest BCUT2D eigenvalue weighted by molar-refractivity contribution is 5.89. The van der Waals surface area contributed by atoms with Crippen LogP contribution in [0.5, 0.6) is 0 Å². The fourth-order valence-electron chi connectivity index (χ4n) is 6.30. The number of nitrogens with zero attached hydrogens (tertiary/aromatic N) is 3. The van der Waals surface area contributed by atoms with E-state index in [1.54, 1.807) is 0 Å². The van der Waals surface area contributed by atoms with Gasteiger partial charge in [-0.15, -0.1) is 0 Å². The smallest absolute Gasteiger partial charge is 0.250 e. The average Bonchev–Trinajstić information content (AvgIpc) is 3.22. The van der Waals surface area contributed by atoms with E-state index in [-0.39, 0.29) is 23.8 Å². The maximum Gasteiger partial charge on any atom is 0.250 e. The Morgan fingerprint density at radius 1 is 1.19 bits per heavy atom. The summed E-state index contributed by atoms with van der Waals surface area (Å²) in [5.41, 5.74) is 3.85. The minimum Gasteiger partial charge on any atom is -0.393 e. The lowest BCUT2D eigenvalue weighted by Gasteiger charge is -2.47. The SMILES string of the molecule is O=C1N=c2c(CN3CCC4(CC3)COC4)cc3c(c2CC1C1CCCCC1O)C=NC=3. The van der Waals surface area contributed by atoms with Crippen LogP contribution in [0.2, 0.25) is 0 Å². The van der Waals surface area contributed by atoms with Crippen LogP contribution in [-0.4, -0.2) is 54.5 Å². The number of ether oxygens (including phenoxy) is 1. The number of carbonyl (C=O) groups excluding carboxylic acids is 1. The second kappa shape index (κ2) is 7.61. The van der Waals surface area contributed by atoms with Crippen molar-refractivity contribution >= 4 is 18.3 Å². The number of likely N-dealkylation sites (tertiary alicyclic amines) is 1. The van der Waals surface area contributed by atoms with Gasteiger partial charge < -0.3 is 9.84 Å². The second-order valence-electron chi connectivity index (χ2n) is 10.3. The van der Waals surface area contributed by atoms with Crippen molar-refractivity contribution in [2.45, 2.75) is 57.6 Å². The standard InChI is InChI=1S/C25H31N3O3/c29-22-4-2-1-3-18(22)20-10-19-21-12-26-11-16(21)9-17(23(19)27-24(20)30)13-28-7-5-25(6-8-28)14-31-15-25/h9,11-12,18,20,22,29H,1-8,10,13-15H2. The van der Waals surface area contributed by atoms with Gasteiger partial charge in [0.25, 0.3) is 0 Å². The first-order valence-electron chi connectivity index (χ1n) is 11.9. The van der Waals surface area contributed by atoms with Crippen LogP contribution >= 0.6 is 0 Å². The van der Waals surface area contributed by atoms with Gasteiger partial charge >= 0.3 is 0 Å². The number of carbonyl (C=O) groups is 1. The van der Waals surface area contributed by atoms with Crippen LogP contribution in [0, 0.1) is 17.3 Å². The molecule has 4 aliphatic heterocycles. The Kier molecular flexibility index (Phi) is 4.85. The van der Waals surface area contributed by atoms with Crippen molar-refractivity contribution in [3.8, 4) is 0 Å². The zero-order chi connectivity index (χ0) is 21.0. The fraction of sp³-hybridized carbons (Fsp3) is 0.640. The Hall–Kier alpha value is -1.89. The van der Waals surface area contributed by atoms with E-state index >= 15 is 0 Å². The number of aliphatic hydroxyl groups is 1. The first kappa shape index (κ1) is 19.8. The molecule has 6 heteroatoms. The lowest BCUT2D eigenvalue weighted by Crippen LogP contribution is -2.51. The van der Waals surface area contributed by atoms with Gasteiger partial charge in [-0.05, 0) is 68.3 Å².